The maximum atomic E-state index is 6.27. The van der Waals surface area contributed by atoms with Crippen LogP contribution in [0.5, 0.6) is 0 Å². The highest BCUT2D eigenvalue weighted by Gasteiger charge is 2.26. The molecule has 1 saturated carbocycles. The Balaban J connectivity index is 1.50. The van der Waals surface area contributed by atoms with E-state index in [2.05, 4.69) is 34.3 Å². The van der Waals surface area contributed by atoms with Gasteiger partial charge in [0.15, 0.2) is 0 Å². The van der Waals surface area contributed by atoms with Gasteiger partial charge in [-0.3, -0.25) is 5.01 Å². The first-order valence-electron chi connectivity index (χ1n) is 9.10. The summed E-state index contributed by atoms with van der Waals surface area (Å²) in [5.41, 5.74) is 10.1. The molecule has 1 aliphatic carbocycles. The van der Waals surface area contributed by atoms with Gasteiger partial charge < -0.3 is 11.1 Å². The Kier molecular flexibility index (Phi) is 4.72. The molecule has 4 rings (SSSR count). The van der Waals surface area contributed by atoms with Gasteiger partial charge in [-0.15, -0.1) is 11.3 Å². The van der Waals surface area contributed by atoms with Crippen molar-refractivity contribution in [3.05, 3.63) is 59.0 Å². The van der Waals surface area contributed by atoms with Gasteiger partial charge in [-0.2, -0.15) is 0 Å². The molecule has 0 spiro atoms. The van der Waals surface area contributed by atoms with Gasteiger partial charge in [0.1, 0.15) is 17.0 Å². The molecular weight excluding hydrogens is 356 g/mol. The van der Waals surface area contributed by atoms with Crippen LogP contribution in [0.15, 0.2) is 53.4 Å². The summed E-state index contributed by atoms with van der Waals surface area (Å²) >= 11 is 1.62. The largest absolute Gasteiger partial charge is 0.400 e. The van der Waals surface area contributed by atoms with E-state index < -0.39 is 0 Å². The minimum absolute atomic E-state index is 0.108. The molecule has 2 heterocycles. The zero-order valence-electron chi connectivity index (χ0n) is 15.5. The number of rotatable bonds is 6. The molecule has 0 aliphatic heterocycles. The minimum Gasteiger partial charge on any atom is -0.400 e. The maximum Gasteiger partial charge on any atom is 0.138 e. The fourth-order valence-electron chi connectivity index (χ4n) is 3.14. The number of anilines is 2. The van der Waals surface area contributed by atoms with E-state index in [-0.39, 0.29) is 6.04 Å². The van der Waals surface area contributed by atoms with Gasteiger partial charge in [-0.25, -0.2) is 15.8 Å². The van der Waals surface area contributed by atoms with Gasteiger partial charge in [0.25, 0.3) is 0 Å². The number of aromatic nitrogens is 2. The summed E-state index contributed by atoms with van der Waals surface area (Å²) in [6.45, 7) is 4.10. The molecule has 0 saturated heterocycles. The summed E-state index contributed by atoms with van der Waals surface area (Å²) in [7, 11) is 0. The van der Waals surface area contributed by atoms with Crippen LogP contribution >= 0.6 is 11.3 Å². The van der Waals surface area contributed by atoms with Crippen molar-refractivity contribution in [2.75, 3.05) is 10.3 Å². The van der Waals surface area contributed by atoms with Crippen molar-refractivity contribution in [1.82, 2.24) is 9.97 Å². The Morgan fingerprint density at radius 1 is 1.22 bits per heavy atom. The van der Waals surface area contributed by atoms with Crippen molar-refractivity contribution in [1.29, 1.82) is 0 Å². The van der Waals surface area contributed by atoms with E-state index in [9.17, 15) is 0 Å². The average molecular weight is 381 g/mol. The average Bonchev–Trinajstić information content (AvgIpc) is 3.43. The number of hydrogen-bond acceptors (Lipinski definition) is 7. The molecule has 6 nitrogen and oxygen atoms in total. The molecule has 3 aromatic rings. The van der Waals surface area contributed by atoms with Crippen LogP contribution in [-0.4, -0.2) is 9.97 Å². The van der Waals surface area contributed by atoms with Gasteiger partial charge >= 0.3 is 0 Å². The second kappa shape index (κ2) is 7.17. The minimum atomic E-state index is 0.108. The van der Waals surface area contributed by atoms with Gasteiger partial charge in [-0.05, 0) is 55.8 Å². The summed E-state index contributed by atoms with van der Waals surface area (Å²) in [6.07, 6.45) is 3.93. The SMILES string of the molecule is C/C(=C(/N)C1CC1)N(N)c1ccc(C(C)Nc2ncnc3sccc23)cc1. The van der Waals surface area contributed by atoms with Gasteiger partial charge in [0, 0.05) is 17.7 Å². The summed E-state index contributed by atoms with van der Waals surface area (Å²) in [4.78, 5) is 9.68. The lowest BCUT2D eigenvalue weighted by Gasteiger charge is -2.22. The number of nitrogens with zero attached hydrogens (tertiary/aromatic N) is 3. The highest BCUT2D eigenvalue weighted by atomic mass is 32.1. The third-order valence-corrected chi connectivity index (χ3v) is 5.90. The molecule has 1 aromatic carbocycles. The Hall–Kier alpha value is -2.64. The van der Waals surface area contributed by atoms with Crippen LogP contribution in [0.1, 0.15) is 38.3 Å². The van der Waals surface area contributed by atoms with Crippen molar-refractivity contribution in [2.45, 2.75) is 32.7 Å². The van der Waals surface area contributed by atoms with Gasteiger partial charge in [0.05, 0.1) is 16.8 Å². The number of fused-ring (bicyclic) bond motifs is 1. The number of nitrogens with two attached hydrogens (primary N) is 2. The standard InChI is InChI=1S/C20H24N6S/c1-12(25-19-17-9-10-27-20(17)24-11-23-19)14-5-7-16(8-6-14)26(22)13(2)18(21)15-3-4-15/h5-12,15H,3-4,21-22H2,1-2H3,(H,23,24,25)/b18-13-. The molecule has 1 fully saturated rings. The molecule has 27 heavy (non-hydrogen) atoms. The third-order valence-electron chi connectivity index (χ3n) is 5.08. The van der Waals surface area contributed by atoms with E-state index in [1.54, 1.807) is 22.7 Å². The lowest BCUT2D eigenvalue weighted by atomic mass is 10.1. The van der Waals surface area contributed by atoms with Crippen molar-refractivity contribution >= 4 is 33.1 Å². The topological polar surface area (TPSA) is 93.1 Å². The fraction of sp³-hybridized carbons (Fsp3) is 0.300. The zero-order valence-corrected chi connectivity index (χ0v) is 16.3. The van der Waals surface area contributed by atoms with Gasteiger partial charge in [-0.1, -0.05) is 12.1 Å². The lowest BCUT2D eigenvalue weighted by Crippen LogP contribution is -2.31. The van der Waals surface area contributed by atoms with E-state index in [1.165, 1.54) is 12.8 Å². The second-order valence-electron chi connectivity index (χ2n) is 7.00. The summed E-state index contributed by atoms with van der Waals surface area (Å²) in [5.74, 6) is 7.63. The Morgan fingerprint density at radius 2 is 1.96 bits per heavy atom. The molecule has 2 aromatic heterocycles. The summed E-state index contributed by atoms with van der Waals surface area (Å²) < 4.78 is 0. The van der Waals surface area contributed by atoms with E-state index in [0.29, 0.717) is 5.92 Å². The van der Waals surface area contributed by atoms with Crippen LogP contribution < -0.4 is 21.9 Å². The molecule has 1 aliphatic rings. The predicted molar refractivity (Wildman–Crippen MR) is 112 cm³/mol. The first kappa shape index (κ1) is 17.8. The molecule has 1 unspecified atom stereocenters. The van der Waals surface area contributed by atoms with E-state index >= 15 is 0 Å². The second-order valence-corrected chi connectivity index (χ2v) is 7.90. The van der Waals surface area contributed by atoms with Crippen molar-refractivity contribution < 1.29 is 0 Å². The highest BCUT2D eigenvalue weighted by Crippen LogP contribution is 2.36. The molecular formula is C20H24N6S. The summed E-state index contributed by atoms with van der Waals surface area (Å²) in [5, 5.41) is 8.24. The number of nitrogens with one attached hydrogen (secondary N) is 1. The smallest absolute Gasteiger partial charge is 0.138 e. The van der Waals surface area contributed by atoms with Crippen LogP contribution in [0, 0.1) is 5.92 Å². The lowest BCUT2D eigenvalue weighted by molar-refractivity contribution is 0.869. The fourth-order valence-corrected chi connectivity index (χ4v) is 3.87. The van der Waals surface area contributed by atoms with Crippen molar-refractivity contribution in [3.63, 3.8) is 0 Å². The Labute approximate surface area is 162 Å². The molecule has 0 radical (unpaired) electrons. The summed E-state index contributed by atoms with van der Waals surface area (Å²) in [6, 6.07) is 10.4. The Morgan fingerprint density at radius 3 is 2.67 bits per heavy atom. The van der Waals surface area contributed by atoms with Crippen LogP contribution in [0.25, 0.3) is 10.2 Å². The van der Waals surface area contributed by atoms with Crippen LogP contribution in [0.2, 0.25) is 0 Å². The van der Waals surface area contributed by atoms with Crippen LogP contribution in [0.4, 0.5) is 11.5 Å². The molecule has 5 N–H and O–H groups in total. The predicted octanol–water partition coefficient (Wildman–Crippen LogP) is 4.14. The van der Waals surface area contributed by atoms with Crippen LogP contribution in [0.3, 0.4) is 0 Å². The number of thiophene rings is 1. The number of hydrogen-bond donors (Lipinski definition) is 3. The highest BCUT2D eigenvalue weighted by molar-refractivity contribution is 7.16. The number of benzene rings is 1. The maximum absolute atomic E-state index is 6.27. The van der Waals surface area contributed by atoms with E-state index in [4.69, 9.17) is 11.6 Å². The molecule has 7 heteroatoms. The first-order chi connectivity index (χ1) is 13.0. The zero-order chi connectivity index (χ0) is 19.0. The molecule has 1 atom stereocenters. The third kappa shape index (κ3) is 3.61. The van der Waals surface area contributed by atoms with Crippen molar-refractivity contribution in [2.24, 2.45) is 17.5 Å². The molecule has 0 amide bonds. The Bertz CT molecular complexity index is 974. The van der Waals surface area contributed by atoms with Crippen LogP contribution in [-0.2, 0) is 0 Å². The first-order valence-corrected chi connectivity index (χ1v) is 9.98. The van der Waals surface area contributed by atoms with E-state index in [1.807, 2.05) is 30.5 Å². The van der Waals surface area contributed by atoms with Crippen molar-refractivity contribution in [3.8, 4) is 0 Å². The number of hydrazine groups is 1. The van der Waals surface area contributed by atoms with Gasteiger partial charge in [0.2, 0.25) is 0 Å². The quantitative estimate of drug-likeness (QED) is 0.439. The van der Waals surface area contributed by atoms with E-state index in [0.717, 1.165) is 38.7 Å². The normalized spacial score (nSPS) is 16.1. The number of allylic oxidation sites excluding steroid dienone is 2. The molecule has 0 bridgehead atoms. The monoisotopic (exact) mass is 380 g/mol. The molecule has 140 valence electrons.